The van der Waals surface area contributed by atoms with Crippen molar-refractivity contribution in [3.63, 3.8) is 0 Å². The Labute approximate surface area is 194 Å². The lowest BCUT2D eigenvalue weighted by atomic mass is 10.0. The van der Waals surface area contributed by atoms with Crippen LogP contribution >= 0.6 is 0 Å². The highest BCUT2D eigenvalue weighted by atomic mass is 16.3. The number of furan rings is 1. The van der Waals surface area contributed by atoms with Crippen LogP contribution in [0, 0.1) is 6.92 Å². The summed E-state index contributed by atoms with van der Waals surface area (Å²) in [4.78, 5) is 27.6. The van der Waals surface area contributed by atoms with Crippen LogP contribution in [0.1, 0.15) is 52.9 Å². The average Bonchev–Trinajstić information content (AvgIpc) is 3.54. The van der Waals surface area contributed by atoms with E-state index >= 15 is 0 Å². The molecule has 2 aliphatic rings. The number of amides is 1. The van der Waals surface area contributed by atoms with Crippen molar-refractivity contribution >= 4 is 29.0 Å². The number of para-hydroxylation sites is 1. The van der Waals surface area contributed by atoms with Gasteiger partial charge in [0.25, 0.3) is 5.91 Å². The second-order valence-corrected chi connectivity index (χ2v) is 8.87. The lowest BCUT2D eigenvalue weighted by molar-refractivity contribution is -0.110. The molecule has 2 aromatic carbocycles. The largest absolute Gasteiger partial charge is 0.456 e. The van der Waals surface area contributed by atoms with Crippen LogP contribution in [0.15, 0.2) is 59.0 Å². The van der Waals surface area contributed by atoms with Crippen LogP contribution in [0.5, 0.6) is 0 Å². The summed E-state index contributed by atoms with van der Waals surface area (Å²) in [5.74, 6) is 1.38. The molecule has 5 rings (SSSR count). The van der Waals surface area contributed by atoms with Gasteiger partial charge in [0.05, 0.1) is 5.57 Å². The van der Waals surface area contributed by atoms with Gasteiger partial charge in [-0.15, -0.1) is 0 Å². The topological polar surface area (TPSA) is 62.6 Å². The van der Waals surface area contributed by atoms with Crippen LogP contribution in [-0.2, 0) is 4.79 Å². The molecule has 1 aromatic heterocycles. The third-order valence-electron chi connectivity index (χ3n) is 6.49. The summed E-state index contributed by atoms with van der Waals surface area (Å²) in [6.45, 7) is 5.28. The molecule has 3 heterocycles. The second-order valence-electron chi connectivity index (χ2n) is 8.87. The summed E-state index contributed by atoms with van der Waals surface area (Å²) in [6.07, 6.45) is 5.80. The highest BCUT2D eigenvalue weighted by Gasteiger charge is 2.24. The van der Waals surface area contributed by atoms with Gasteiger partial charge in [0.1, 0.15) is 11.5 Å². The number of carbonyl (C=O) groups excluding carboxylic acids is 2. The molecule has 0 unspecified atom stereocenters. The van der Waals surface area contributed by atoms with Crippen LogP contribution in [0.25, 0.3) is 23.0 Å². The second kappa shape index (κ2) is 9.20. The van der Waals surface area contributed by atoms with E-state index in [9.17, 15) is 9.59 Å². The maximum absolute atomic E-state index is 12.8. The highest BCUT2D eigenvalue weighted by Crippen LogP contribution is 2.35. The molecule has 2 aliphatic heterocycles. The van der Waals surface area contributed by atoms with Crippen molar-refractivity contribution in [1.29, 1.82) is 0 Å². The normalized spacial score (nSPS) is 16.9. The fourth-order valence-corrected chi connectivity index (χ4v) is 4.65. The van der Waals surface area contributed by atoms with Gasteiger partial charge in [0, 0.05) is 28.8 Å². The summed E-state index contributed by atoms with van der Waals surface area (Å²) >= 11 is 0. The minimum Gasteiger partial charge on any atom is -0.456 e. The van der Waals surface area contributed by atoms with Gasteiger partial charge >= 0.3 is 0 Å². The van der Waals surface area contributed by atoms with E-state index in [1.807, 2.05) is 61.5 Å². The van der Waals surface area contributed by atoms with Gasteiger partial charge in [-0.1, -0.05) is 36.4 Å². The molecule has 1 saturated heterocycles. The molecule has 3 aromatic rings. The number of fused-ring (bicyclic) bond motifs is 1. The Morgan fingerprint density at radius 1 is 1.09 bits per heavy atom. The molecule has 0 saturated carbocycles. The summed E-state index contributed by atoms with van der Waals surface area (Å²) in [7, 11) is 0. The molecule has 0 bridgehead atoms. The first-order valence-electron chi connectivity index (χ1n) is 11.7. The molecule has 1 N–H and O–H groups in total. The molecule has 5 nitrogen and oxygen atoms in total. The molecule has 0 atom stereocenters. The Balaban J connectivity index is 1.33. The van der Waals surface area contributed by atoms with E-state index in [-0.39, 0.29) is 11.7 Å². The first-order valence-corrected chi connectivity index (χ1v) is 11.7. The fourth-order valence-electron chi connectivity index (χ4n) is 4.65. The predicted octanol–water partition coefficient (Wildman–Crippen LogP) is 5.81. The van der Waals surface area contributed by atoms with E-state index in [0.29, 0.717) is 29.1 Å². The third-order valence-corrected chi connectivity index (χ3v) is 6.49. The summed E-state index contributed by atoms with van der Waals surface area (Å²) in [6, 6.07) is 17.2. The van der Waals surface area contributed by atoms with Crippen molar-refractivity contribution in [3.8, 4) is 11.3 Å². The Kier molecular flexibility index (Phi) is 5.97. The zero-order chi connectivity index (χ0) is 22.8. The zero-order valence-electron chi connectivity index (χ0n) is 18.9. The fraction of sp³-hybridized carbons (Fsp3) is 0.286. The molecular weight excluding hydrogens is 412 g/mol. The number of aryl methyl sites for hydroxylation is 1. The van der Waals surface area contributed by atoms with Gasteiger partial charge in [-0.25, -0.2) is 0 Å². The minimum atomic E-state index is -0.130. The Bertz CT molecular complexity index is 1230. The van der Waals surface area contributed by atoms with Crippen LogP contribution in [0.3, 0.4) is 0 Å². The maximum Gasteiger partial charge on any atom is 0.256 e. The number of carbonyl (C=O) groups is 2. The van der Waals surface area contributed by atoms with Crippen molar-refractivity contribution in [1.82, 2.24) is 4.90 Å². The lowest BCUT2D eigenvalue weighted by Crippen LogP contribution is -2.21. The maximum atomic E-state index is 12.8. The van der Waals surface area contributed by atoms with Gasteiger partial charge in [-0.3, -0.25) is 9.59 Å². The molecule has 168 valence electrons. The molecule has 5 heteroatoms. The first kappa shape index (κ1) is 21.4. The number of hydrogen-bond acceptors (Lipinski definition) is 4. The number of rotatable bonds is 7. The van der Waals surface area contributed by atoms with Gasteiger partial charge < -0.3 is 14.6 Å². The monoisotopic (exact) mass is 440 g/mol. The summed E-state index contributed by atoms with van der Waals surface area (Å²) in [5, 5.41) is 2.89. The molecule has 0 radical (unpaired) electrons. The first-order chi connectivity index (χ1) is 16.1. The number of benzene rings is 2. The smallest absolute Gasteiger partial charge is 0.256 e. The Morgan fingerprint density at radius 2 is 1.91 bits per heavy atom. The van der Waals surface area contributed by atoms with Gasteiger partial charge in [0.2, 0.25) is 0 Å². The number of nitrogens with one attached hydrogen (secondary N) is 1. The zero-order valence-corrected chi connectivity index (χ0v) is 18.9. The SMILES string of the molecule is Cc1cc(-c2cccc(C(=O)CCCN3CCCC3)c2)oc1/C=C1/C(=O)Nc2ccccc21. The van der Waals surface area contributed by atoms with Gasteiger partial charge in [0.15, 0.2) is 5.78 Å². The molecule has 0 spiro atoms. The predicted molar refractivity (Wildman–Crippen MR) is 131 cm³/mol. The number of nitrogens with zero attached hydrogens (tertiary/aromatic N) is 1. The quantitative estimate of drug-likeness (QED) is 0.372. The van der Waals surface area contributed by atoms with Crippen molar-refractivity contribution in [2.24, 2.45) is 0 Å². The highest BCUT2D eigenvalue weighted by molar-refractivity contribution is 6.34. The standard InChI is InChI=1S/C28H28N2O3/c1-19-16-27(33-26(19)18-23-22-10-2-3-11-24(22)29-28(23)32)21-9-6-8-20(17-21)25(31)12-7-15-30-13-4-5-14-30/h2-3,6,8-11,16-18H,4-5,7,12-15H2,1H3,(H,29,32)/b23-18+. The van der Waals surface area contributed by atoms with Gasteiger partial charge in [-0.05, 0) is 75.7 Å². The number of likely N-dealkylation sites (tertiary alicyclic amines) is 1. The van der Waals surface area contributed by atoms with E-state index in [1.54, 1.807) is 6.08 Å². The van der Waals surface area contributed by atoms with E-state index in [1.165, 1.54) is 12.8 Å². The molecule has 1 fully saturated rings. The van der Waals surface area contributed by atoms with Crippen LogP contribution < -0.4 is 5.32 Å². The molecule has 33 heavy (non-hydrogen) atoms. The summed E-state index contributed by atoms with van der Waals surface area (Å²) < 4.78 is 6.13. The van der Waals surface area contributed by atoms with Crippen molar-refractivity contribution in [3.05, 3.63) is 77.0 Å². The van der Waals surface area contributed by atoms with E-state index in [2.05, 4.69) is 10.2 Å². The Morgan fingerprint density at radius 3 is 2.76 bits per heavy atom. The number of hydrogen-bond donors (Lipinski definition) is 1. The Hall–Kier alpha value is -3.44. The number of Topliss-reactive ketones (excluding diaryl/α,β-unsaturated/α-hetero) is 1. The number of anilines is 1. The van der Waals surface area contributed by atoms with Crippen molar-refractivity contribution in [2.45, 2.75) is 32.6 Å². The minimum absolute atomic E-state index is 0.130. The molecular formula is C28H28N2O3. The number of ketones is 1. The van der Waals surface area contributed by atoms with Crippen LogP contribution in [0.4, 0.5) is 5.69 Å². The van der Waals surface area contributed by atoms with E-state index in [4.69, 9.17) is 4.42 Å². The summed E-state index contributed by atoms with van der Waals surface area (Å²) in [5.41, 5.74) is 4.81. The van der Waals surface area contributed by atoms with E-state index < -0.39 is 0 Å². The van der Waals surface area contributed by atoms with Crippen LogP contribution in [-0.4, -0.2) is 36.2 Å². The van der Waals surface area contributed by atoms with Crippen molar-refractivity contribution in [2.75, 3.05) is 25.0 Å². The average molecular weight is 441 g/mol. The molecule has 0 aliphatic carbocycles. The van der Waals surface area contributed by atoms with Crippen molar-refractivity contribution < 1.29 is 14.0 Å². The third kappa shape index (κ3) is 4.55. The van der Waals surface area contributed by atoms with Gasteiger partial charge in [-0.2, -0.15) is 0 Å². The lowest BCUT2D eigenvalue weighted by Gasteiger charge is -2.13. The molecule has 1 amide bonds. The van der Waals surface area contributed by atoms with Crippen LogP contribution in [0.2, 0.25) is 0 Å². The van der Waals surface area contributed by atoms with E-state index in [0.717, 1.165) is 48.4 Å².